The number of nitrogens with one attached hydrogen (secondary N) is 1. The number of hydrogen-bond donors (Lipinski definition) is 2. The Kier molecular flexibility index (Phi) is 3.31. The highest BCUT2D eigenvalue weighted by atomic mass is 32.1. The van der Waals surface area contributed by atoms with E-state index in [0.717, 1.165) is 5.13 Å². The molecule has 1 saturated carbocycles. The van der Waals surface area contributed by atoms with Gasteiger partial charge in [0.2, 0.25) is 5.13 Å². The molecule has 0 bridgehead atoms. The Balaban J connectivity index is 1.92. The number of nitrogens with zero attached hydrogens (tertiary/aromatic N) is 2. The van der Waals surface area contributed by atoms with Crippen LogP contribution in [0.25, 0.3) is 0 Å². The summed E-state index contributed by atoms with van der Waals surface area (Å²) in [6.45, 7) is 0.185. The zero-order valence-electron chi connectivity index (χ0n) is 8.02. The van der Waals surface area contributed by atoms with E-state index in [1.165, 1.54) is 37.0 Å². The van der Waals surface area contributed by atoms with Crippen molar-refractivity contribution < 1.29 is 5.11 Å². The molecule has 1 aliphatic rings. The van der Waals surface area contributed by atoms with E-state index in [-0.39, 0.29) is 12.6 Å². The van der Waals surface area contributed by atoms with Crippen LogP contribution in [0.1, 0.15) is 25.7 Å². The van der Waals surface area contributed by atoms with Crippen LogP contribution in [-0.2, 0) is 0 Å². The first-order valence-electron chi connectivity index (χ1n) is 5.03. The lowest BCUT2D eigenvalue weighted by atomic mass is 9.99. The predicted molar refractivity (Wildman–Crippen MR) is 56.4 cm³/mol. The van der Waals surface area contributed by atoms with Gasteiger partial charge in [-0.15, -0.1) is 10.2 Å². The maximum Gasteiger partial charge on any atom is 0.205 e. The molecule has 78 valence electrons. The quantitative estimate of drug-likeness (QED) is 0.796. The summed E-state index contributed by atoms with van der Waals surface area (Å²) in [6.07, 6.45) is 5.02. The SMILES string of the molecule is OCC(Nc1nncs1)C1CCCC1. The molecule has 0 amide bonds. The summed E-state index contributed by atoms with van der Waals surface area (Å²) in [6, 6.07) is 0.158. The second-order valence-electron chi connectivity index (χ2n) is 3.72. The maximum atomic E-state index is 9.28. The minimum Gasteiger partial charge on any atom is -0.394 e. The molecule has 2 rings (SSSR count). The van der Waals surface area contributed by atoms with Gasteiger partial charge in [-0.05, 0) is 18.8 Å². The van der Waals surface area contributed by atoms with Gasteiger partial charge in [-0.3, -0.25) is 0 Å². The molecule has 1 aromatic heterocycles. The van der Waals surface area contributed by atoms with Crippen molar-refractivity contribution in [3.05, 3.63) is 5.51 Å². The minimum atomic E-state index is 0.158. The Labute approximate surface area is 87.4 Å². The Morgan fingerprint density at radius 1 is 1.57 bits per heavy atom. The lowest BCUT2D eigenvalue weighted by Crippen LogP contribution is -2.31. The van der Waals surface area contributed by atoms with E-state index in [1.54, 1.807) is 5.51 Å². The average molecular weight is 213 g/mol. The molecule has 0 saturated heterocycles. The molecule has 0 spiro atoms. The smallest absolute Gasteiger partial charge is 0.205 e. The van der Waals surface area contributed by atoms with E-state index in [2.05, 4.69) is 15.5 Å². The molecule has 0 aromatic carbocycles. The van der Waals surface area contributed by atoms with E-state index in [1.807, 2.05) is 0 Å². The zero-order chi connectivity index (χ0) is 9.80. The molecule has 1 unspecified atom stereocenters. The molecule has 0 radical (unpaired) electrons. The van der Waals surface area contributed by atoms with Gasteiger partial charge in [-0.25, -0.2) is 0 Å². The summed E-state index contributed by atoms with van der Waals surface area (Å²) in [4.78, 5) is 0. The van der Waals surface area contributed by atoms with Gasteiger partial charge in [0.05, 0.1) is 12.6 Å². The molecule has 1 aliphatic carbocycles. The van der Waals surface area contributed by atoms with Crippen LogP contribution in [0.4, 0.5) is 5.13 Å². The molecule has 1 fully saturated rings. The van der Waals surface area contributed by atoms with Gasteiger partial charge in [0.15, 0.2) is 0 Å². The van der Waals surface area contributed by atoms with E-state index in [9.17, 15) is 5.11 Å². The van der Waals surface area contributed by atoms with Gasteiger partial charge in [-0.1, -0.05) is 24.2 Å². The van der Waals surface area contributed by atoms with E-state index in [4.69, 9.17) is 0 Å². The van der Waals surface area contributed by atoms with Crippen molar-refractivity contribution in [2.45, 2.75) is 31.7 Å². The number of aliphatic hydroxyl groups excluding tert-OH is 1. The summed E-state index contributed by atoms with van der Waals surface area (Å²) in [5, 5.41) is 21.0. The van der Waals surface area contributed by atoms with E-state index < -0.39 is 0 Å². The maximum absolute atomic E-state index is 9.28. The number of rotatable bonds is 4. The molecule has 1 atom stereocenters. The Hall–Kier alpha value is -0.680. The number of anilines is 1. The van der Waals surface area contributed by atoms with Crippen molar-refractivity contribution in [3.8, 4) is 0 Å². The van der Waals surface area contributed by atoms with Crippen molar-refractivity contribution in [1.82, 2.24) is 10.2 Å². The monoisotopic (exact) mass is 213 g/mol. The fourth-order valence-electron chi connectivity index (χ4n) is 2.07. The fourth-order valence-corrected chi connectivity index (χ4v) is 2.57. The molecule has 2 N–H and O–H groups in total. The van der Waals surface area contributed by atoms with Crippen LogP contribution in [0.2, 0.25) is 0 Å². The molecular weight excluding hydrogens is 198 g/mol. The fraction of sp³-hybridized carbons (Fsp3) is 0.778. The van der Waals surface area contributed by atoms with Crippen LogP contribution in [0, 0.1) is 5.92 Å². The minimum absolute atomic E-state index is 0.158. The second kappa shape index (κ2) is 4.70. The molecule has 14 heavy (non-hydrogen) atoms. The molecular formula is C9H15N3OS. The average Bonchev–Trinajstić information content (AvgIpc) is 2.86. The summed E-state index contributed by atoms with van der Waals surface area (Å²) < 4.78 is 0. The van der Waals surface area contributed by atoms with Crippen LogP contribution < -0.4 is 5.32 Å². The van der Waals surface area contributed by atoms with Crippen LogP contribution in [0.15, 0.2) is 5.51 Å². The third-order valence-electron chi connectivity index (χ3n) is 2.83. The number of hydrogen-bond acceptors (Lipinski definition) is 5. The van der Waals surface area contributed by atoms with Crippen molar-refractivity contribution in [2.75, 3.05) is 11.9 Å². The topological polar surface area (TPSA) is 58.0 Å². The molecule has 4 nitrogen and oxygen atoms in total. The number of aliphatic hydroxyl groups is 1. The molecule has 1 heterocycles. The first-order chi connectivity index (χ1) is 6.90. The van der Waals surface area contributed by atoms with Crippen LogP contribution >= 0.6 is 11.3 Å². The lowest BCUT2D eigenvalue weighted by Gasteiger charge is -2.21. The first kappa shape index (κ1) is 9.86. The van der Waals surface area contributed by atoms with Crippen LogP contribution in [-0.4, -0.2) is 28.0 Å². The van der Waals surface area contributed by atoms with Gasteiger partial charge >= 0.3 is 0 Å². The molecule has 0 aliphatic heterocycles. The number of aromatic nitrogens is 2. The summed E-state index contributed by atoms with van der Waals surface area (Å²) in [7, 11) is 0. The van der Waals surface area contributed by atoms with E-state index >= 15 is 0 Å². The Morgan fingerprint density at radius 3 is 2.93 bits per heavy atom. The first-order valence-corrected chi connectivity index (χ1v) is 5.91. The van der Waals surface area contributed by atoms with Gasteiger partial charge in [0.1, 0.15) is 5.51 Å². The second-order valence-corrected chi connectivity index (χ2v) is 4.56. The predicted octanol–water partition coefficient (Wildman–Crippen LogP) is 1.50. The third kappa shape index (κ3) is 2.22. The van der Waals surface area contributed by atoms with Crippen molar-refractivity contribution in [2.24, 2.45) is 5.92 Å². The normalized spacial score (nSPS) is 19.8. The zero-order valence-corrected chi connectivity index (χ0v) is 8.83. The summed E-state index contributed by atoms with van der Waals surface area (Å²) >= 11 is 1.48. The Morgan fingerprint density at radius 2 is 2.36 bits per heavy atom. The largest absolute Gasteiger partial charge is 0.394 e. The van der Waals surface area contributed by atoms with Crippen molar-refractivity contribution in [1.29, 1.82) is 0 Å². The van der Waals surface area contributed by atoms with Gasteiger partial charge in [0.25, 0.3) is 0 Å². The van der Waals surface area contributed by atoms with Gasteiger partial charge in [0, 0.05) is 0 Å². The summed E-state index contributed by atoms with van der Waals surface area (Å²) in [5.41, 5.74) is 1.70. The third-order valence-corrected chi connectivity index (χ3v) is 3.46. The van der Waals surface area contributed by atoms with Crippen molar-refractivity contribution >= 4 is 16.5 Å². The summed E-state index contributed by atoms with van der Waals surface area (Å²) in [5.74, 6) is 0.601. The van der Waals surface area contributed by atoms with Crippen molar-refractivity contribution in [3.63, 3.8) is 0 Å². The Bertz CT molecular complexity index is 259. The molecule has 1 aromatic rings. The highest BCUT2D eigenvalue weighted by molar-refractivity contribution is 7.13. The highest BCUT2D eigenvalue weighted by Gasteiger charge is 2.24. The van der Waals surface area contributed by atoms with Gasteiger partial charge in [-0.2, -0.15) is 0 Å². The van der Waals surface area contributed by atoms with E-state index in [0.29, 0.717) is 5.92 Å². The lowest BCUT2D eigenvalue weighted by molar-refractivity contribution is 0.238. The standard InChI is InChI=1S/C9H15N3OS/c13-5-8(7-3-1-2-4-7)11-9-12-10-6-14-9/h6-8,13H,1-5H2,(H,11,12). The molecule has 5 heteroatoms. The van der Waals surface area contributed by atoms with Crippen LogP contribution in [0.5, 0.6) is 0 Å². The van der Waals surface area contributed by atoms with Crippen LogP contribution in [0.3, 0.4) is 0 Å². The highest BCUT2D eigenvalue weighted by Crippen LogP contribution is 2.29. The van der Waals surface area contributed by atoms with Gasteiger partial charge < -0.3 is 10.4 Å².